The first-order chi connectivity index (χ1) is 8.21. The first kappa shape index (κ1) is 15.0. The van der Waals surface area contributed by atoms with Crippen LogP contribution in [0.25, 0.3) is 0 Å². The Labute approximate surface area is 121 Å². The fourth-order valence-corrected chi connectivity index (χ4v) is 2.54. The summed E-state index contributed by atoms with van der Waals surface area (Å²) in [6.07, 6.45) is 1.19. The molecule has 0 N–H and O–H groups in total. The van der Waals surface area contributed by atoms with Gasteiger partial charge >= 0.3 is 0 Å². The van der Waals surface area contributed by atoms with Crippen LogP contribution < -0.4 is 4.74 Å². The van der Waals surface area contributed by atoms with E-state index in [-0.39, 0.29) is 0 Å². The van der Waals surface area contributed by atoms with Crippen LogP contribution in [0.5, 0.6) is 5.75 Å². The zero-order valence-corrected chi connectivity index (χ0v) is 13.6. The molecule has 0 aromatic heterocycles. The summed E-state index contributed by atoms with van der Waals surface area (Å²) in [5.41, 5.74) is 1.31. The van der Waals surface area contributed by atoms with Gasteiger partial charge in [-0.3, -0.25) is 4.90 Å². The molecule has 0 radical (unpaired) electrons. The van der Waals surface area contributed by atoms with Crippen molar-refractivity contribution in [1.29, 1.82) is 0 Å². The van der Waals surface area contributed by atoms with Gasteiger partial charge in [-0.05, 0) is 53.1 Å². The molecule has 17 heavy (non-hydrogen) atoms. The highest BCUT2D eigenvalue weighted by Crippen LogP contribution is 2.26. The fraction of sp³-hybridized carbons (Fsp3) is 0.538. The second-order valence-corrected chi connectivity index (χ2v) is 5.53. The molecule has 0 saturated heterocycles. The Balaban J connectivity index is 2.63. The molecule has 0 atom stereocenters. The van der Waals surface area contributed by atoms with E-state index in [2.05, 4.69) is 55.8 Å². The summed E-state index contributed by atoms with van der Waals surface area (Å²) in [7, 11) is 1.69. The molecule has 1 aromatic rings. The molecule has 0 heterocycles. The molecule has 0 aliphatic carbocycles. The molecule has 0 saturated carbocycles. The van der Waals surface area contributed by atoms with Crippen molar-refractivity contribution in [2.75, 3.05) is 25.5 Å². The molecule has 96 valence electrons. The number of nitrogens with zero attached hydrogens (tertiary/aromatic N) is 1. The second kappa shape index (κ2) is 8.11. The molecule has 1 rings (SSSR count). The molecular formula is C13H19Br2NO. The van der Waals surface area contributed by atoms with Crippen LogP contribution in [0.4, 0.5) is 0 Å². The lowest BCUT2D eigenvalue weighted by atomic mass is 10.2. The zero-order chi connectivity index (χ0) is 12.7. The van der Waals surface area contributed by atoms with Crippen LogP contribution in [0, 0.1) is 0 Å². The summed E-state index contributed by atoms with van der Waals surface area (Å²) < 4.78 is 6.25. The van der Waals surface area contributed by atoms with E-state index in [9.17, 15) is 0 Å². The predicted molar refractivity (Wildman–Crippen MR) is 80.1 cm³/mol. The minimum atomic E-state index is 0.886. The lowest BCUT2D eigenvalue weighted by Crippen LogP contribution is -2.24. The average Bonchev–Trinajstić information content (AvgIpc) is 2.34. The van der Waals surface area contributed by atoms with Crippen LogP contribution in [-0.4, -0.2) is 30.4 Å². The van der Waals surface area contributed by atoms with Gasteiger partial charge in [-0.1, -0.05) is 28.9 Å². The van der Waals surface area contributed by atoms with E-state index >= 15 is 0 Å². The Hall–Kier alpha value is -0.0600. The number of benzene rings is 1. The van der Waals surface area contributed by atoms with Gasteiger partial charge in [-0.2, -0.15) is 0 Å². The van der Waals surface area contributed by atoms with Crippen molar-refractivity contribution in [1.82, 2.24) is 4.90 Å². The fourth-order valence-electron chi connectivity index (χ4n) is 1.70. The molecule has 4 heteroatoms. The molecule has 0 bridgehead atoms. The second-order valence-electron chi connectivity index (χ2n) is 3.88. The summed E-state index contributed by atoms with van der Waals surface area (Å²) in [4.78, 5) is 2.44. The summed E-state index contributed by atoms with van der Waals surface area (Å²) >= 11 is 6.99. The van der Waals surface area contributed by atoms with Crippen LogP contribution in [0.15, 0.2) is 22.7 Å². The Morgan fingerprint density at radius 2 is 2.12 bits per heavy atom. The smallest absolute Gasteiger partial charge is 0.133 e. The van der Waals surface area contributed by atoms with Crippen molar-refractivity contribution in [2.24, 2.45) is 0 Å². The van der Waals surface area contributed by atoms with Gasteiger partial charge in [-0.15, -0.1) is 0 Å². The molecule has 0 aliphatic rings. The molecule has 0 aliphatic heterocycles. The third kappa shape index (κ3) is 4.98. The van der Waals surface area contributed by atoms with Gasteiger partial charge in [0.2, 0.25) is 0 Å². The maximum absolute atomic E-state index is 5.23. The Morgan fingerprint density at radius 3 is 2.65 bits per heavy atom. The van der Waals surface area contributed by atoms with Crippen LogP contribution in [0.3, 0.4) is 0 Å². The number of hydrogen-bond donors (Lipinski definition) is 0. The standard InChI is InChI=1S/C13H19Br2NO/c1-3-16(8-4-7-14)10-11-5-6-13(17-2)12(15)9-11/h5-6,9H,3-4,7-8,10H2,1-2H3. The van der Waals surface area contributed by atoms with Crippen molar-refractivity contribution in [2.45, 2.75) is 19.9 Å². The lowest BCUT2D eigenvalue weighted by molar-refractivity contribution is 0.281. The minimum absolute atomic E-state index is 0.886. The number of halogens is 2. The number of hydrogen-bond acceptors (Lipinski definition) is 2. The van der Waals surface area contributed by atoms with Crippen molar-refractivity contribution >= 4 is 31.9 Å². The summed E-state index contributed by atoms with van der Waals surface area (Å²) in [5, 5.41) is 1.07. The number of ether oxygens (including phenoxy) is 1. The van der Waals surface area contributed by atoms with Crippen molar-refractivity contribution < 1.29 is 4.74 Å². The quantitative estimate of drug-likeness (QED) is 0.676. The van der Waals surface area contributed by atoms with Crippen LogP contribution in [0.2, 0.25) is 0 Å². The van der Waals surface area contributed by atoms with Gasteiger partial charge in [-0.25, -0.2) is 0 Å². The number of alkyl halides is 1. The zero-order valence-electron chi connectivity index (χ0n) is 10.4. The normalized spacial score (nSPS) is 10.9. The highest BCUT2D eigenvalue weighted by molar-refractivity contribution is 9.10. The summed E-state index contributed by atoms with van der Waals surface area (Å²) in [5.74, 6) is 0.886. The van der Waals surface area contributed by atoms with E-state index in [0.717, 1.165) is 35.2 Å². The first-order valence-corrected chi connectivity index (χ1v) is 7.73. The molecular weight excluding hydrogens is 346 g/mol. The van der Waals surface area contributed by atoms with E-state index in [0.29, 0.717) is 0 Å². The van der Waals surface area contributed by atoms with Crippen molar-refractivity contribution in [3.63, 3.8) is 0 Å². The SMILES string of the molecule is CCN(CCCBr)Cc1ccc(OC)c(Br)c1. The van der Waals surface area contributed by atoms with Crippen LogP contribution in [0.1, 0.15) is 18.9 Å². The maximum atomic E-state index is 5.23. The number of methoxy groups -OCH3 is 1. The lowest BCUT2D eigenvalue weighted by Gasteiger charge is -2.20. The van der Waals surface area contributed by atoms with E-state index < -0.39 is 0 Å². The Kier molecular flexibility index (Phi) is 7.16. The predicted octanol–water partition coefficient (Wildman–Crippen LogP) is 4.06. The third-order valence-electron chi connectivity index (χ3n) is 2.68. The van der Waals surface area contributed by atoms with E-state index in [1.165, 1.54) is 12.0 Å². The summed E-state index contributed by atoms with van der Waals surface area (Å²) in [6, 6.07) is 6.27. The van der Waals surface area contributed by atoms with Gasteiger partial charge in [0.25, 0.3) is 0 Å². The molecule has 0 spiro atoms. The maximum Gasteiger partial charge on any atom is 0.133 e. The minimum Gasteiger partial charge on any atom is -0.496 e. The molecule has 0 fully saturated rings. The van der Waals surface area contributed by atoms with Gasteiger partial charge in [0, 0.05) is 11.9 Å². The number of rotatable bonds is 7. The van der Waals surface area contributed by atoms with Gasteiger partial charge in [0.15, 0.2) is 0 Å². The first-order valence-electron chi connectivity index (χ1n) is 5.82. The van der Waals surface area contributed by atoms with Gasteiger partial charge < -0.3 is 4.74 Å². The summed E-state index contributed by atoms with van der Waals surface area (Å²) in [6.45, 7) is 5.40. The third-order valence-corrected chi connectivity index (χ3v) is 3.86. The average molecular weight is 365 g/mol. The largest absolute Gasteiger partial charge is 0.496 e. The Bertz CT molecular complexity index is 344. The Morgan fingerprint density at radius 1 is 1.35 bits per heavy atom. The molecule has 1 aromatic carbocycles. The van der Waals surface area contributed by atoms with Crippen LogP contribution in [-0.2, 0) is 6.54 Å². The van der Waals surface area contributed by atoms with Crippen LogP contribution >= 0.6 is 31.9 Å². The van der Waals surface area contributed by atoms with Crippen molar-refractivity contribution in [3.8, 4) is 5.75 Å². The highest BCUT2D eigenvalue weighted by atomic mass is 79.9. The van der Waals surface area contributed by atoms with E-state index in [1.54, 1.807) is 7.11 Å². The highest BCUT2D eigenvalue weighted by Gasteiger charge is 2.06. The molecule has 0 unspecified atom stereocenters. The molecule has 0 amide bonds. The molecule has 2 nitrogen and oxygen atoms in total. The van der Waals surface area contributed by atoms with Gasteiger partial charge in [0.05, 0.1) is 11.6 Å². The van der Waals surface area contributed by atoms with Crippen molar-refractivity contribution in [3.05, 3.63) is 28.2 Å². The van der Waals surface area contributed by atoms with E-state index in [4.69, 9.17) is 4.74 Å². The monoisotopic (exact) mass is 363 g/mol. The topological polar surface area (TPSA) is 12.5 Å². The van der Waals surface area contributed by atoms with E-state index in [1.807, 2.05) is 6.07 Å². The van der Waals surface area contributed by atoms with Gasteiger partial charge in [0.1, 0.15) is 5.75 Å².